The number of ether oxygens (including phenoxy) is 2. The molecule has 0 aliphatic heterocycles. The maximum atomic E-state index is 12.0. The molecule has 2 aromatic carbocycles. The fraction of sp³-hybridized carbons (Fsp3) is 0.333. The zero-order valence-corrected chi connectivity index (χ0v) is 20.4. The predicted molar refractivity (Wildman–Crippen MR) is 133 cm³/mol. The second-order valence-electron chi connectivity index (χ2n) is 6.41. The Morgan fingerprint density at radius 3 is 2.53 bits per heavy atom. The van der Waals surface area contributed by atoms with Gasteiger partial charge in [-0.25, -0.2) is 0 Å². The monoisotopic (exact) mass is 546 g/mol. The van der Waals surface area contributed by atoms with Crippen molar-refractivity contribution < 1.29 is 14.3 Å². The topological polar surface area (TPSA) is 98.0 Å². The maximum absolute atomic E-state index is 12.0. The highest BCUT2D eigenvalue weighted by Crippen LogP contribution is 2.27. The molecule has 0 atom stereocenters. The van der Waals surface area contributed by atoms with Crippen molar-refractivity contribution in [3.8, 4) is 11.5 Å². The summed E-state index contributed by atoms with van der Waals surface area (Å²) in [7, 11) is 3.21. The summed E-state index contributed by atoms with van der Waals surface area (Å²) < 4.78 is 10.5. The van der Waals surface area contributed by atoms with Gasteiger partial charge in [0.05, 0.1) is 31.5 Å². The summed E-state index contributed by atoms with van der Waals surface area (Å²) in [5, 5.41) is 6.32. The zero-order valence-electron chi connectivity index (χ0n) is 17.3. The van der Waals surface area contributed by atoms with Crippen LogP contribution in [0.1, 0.15) is 17.5 Å². The number of rotatable bonds is 9. The van der Waals surface area contributed by atoms with Crippen molar-refractivity contribution in [3.05, 3.63) is 52.5 Å². The number of methoxy groups -OCH3 is 2. The number of carbonyl (C=O) groups excluding carboxylic acids is 1. The van der Waals surface area contributed by atoms with Crippen molar-refractivity contribution in [2.45, 2.75) is 19.8 Å². The molecule has 0 bridgehead atoms. The fourth-order valence-electron chi connectivity index (χ4n) is 2.64. The van der Waals surface area contributed by atoms with E-state index in [0.29, 0.717) is 34.7 Å². The van der Waals surface area contributed by atoms with Crippen LogP contribution in [0.15, 0.2) is 41.4 Å². The Bertz CT molecular complexity index is 877. The number of halogens is 2. The van der Waals surface area contributed by atoms with Gasteiger partial charge in [-0.05, 0) is 48.7 Å². The van der Waals surface area contributed by atoms with Gasteiger partial charge in [-0.3, -0.25) is 9.79 Å². The number of nitrogens with one attached hydrogen (secondary N) is 2. The molecule has 30 heavy (non-hydrogen) atoms. The number of benzene rings is 2. The fourth-order valence-corrected chi connectivity index (χ4v) is 2.92. The third-order valence-electron chi connectivity index (χ3n) is 4.19. The number of nitrogens with zero attached hydrogens (tertiary/aromatic N) is 1. The van der Waals surface area contributed by atoms with Crippen molar-refractivity contribution in [1.82, 2.24) is 5.32 Å². The van der Waals surface area contributed by atoms with Crippen LogP contribution in [0.5, 0.6) is 11.5 Å². The number of anilines is 1. The maximum Gasteiger partial charge on any atom is 0.226 e. The standard InChI is InChI=1S/C21H27ClN4O3.HI/c1-14-4-6-17(16(22)12-14)26-20(27)9-11-25-21(23)24-10-8-15-5-7-18(28-2)19(13-15)29-3;/h4-7,12-13H,8-11H2,1-3H3,(H,26,27)(H3,23,24,25);1H. The molecule has 0 saturated carbocycles. The van der Waals surface area contributed by atoms with E-state index in [1.54, 1.807) is 26.4 Å². The number of amides is 1. The summed E-state index contributed by atoms with van der Waals surface area (Å²) in [6, 6.07) is 11.2. The minimum Gasteiger partial charge on any atom is -0.493 e. The van der Waals surface area contributed by atoms with Gasteiger partial charge in [0.25, 0.3) is 0 Å². The molecule has 0 aliphatic rings. The summed E-state index contributed by atoms with van der Waals surface area (Å²) in [5.74, 6) is 1.51. The van der Waals surface area contributed by atoms with Crippen LogP contribution in [-0.4, -0.2) is 39.2 Å². The van der Waals surface area contributed by atoms with E-state index in [2.05, 4.69) is 15.6 Å². The van der Waals surface area contributed by atoms with Crippen LogP contribution in [0.3, 0.4) is 0 Å². The average Bonchev–Trinajstić information content (AvgIpc) is 2.70. The largest absolute Gasteiger partial charge is 0.493 e. The summed E-state index contributed by atoms with van der Waals surface area (Å²) in [5.41, 5.74) is 8.56. The van der Waals surface area contributed by atoms with Crippen LogP contribution >= 0.6 is 35.6 Å². The lowest BCUT2D eigenvalue weighted by Crippen LogP contribution is -2.33. The number of carbonyl (C=O) groups is 1. The highest BCUT2D eigenvalue weighted by Gasteiger charge is 2.06. The van der Waals surface area contributed by atoms with Crippen LogP contribution in [0.4, 0.5) is 5.69 Å². The van der Waals surface area contributed by atoms with Crippen LogP contribution in [0.2, 0.25) is 5.02 Å². The first-order valence-electron chi connectivity index (χ1n) is 9.23. The van der Waals surface area contributed by atoms with E-state index < -0.39 is 0 Å². The number of hydrogen-bond acceptors (Lipinski definition) is 4. The van der Waals surface area contributed by atoms with Crippen molar-refractivity contribution in [1.29, 1.82) is 0 Å². The molecule has 0 unspecified atom stereocenters. The number of aryl methyl sites for hydroxylation is 1. The molecule has 4 N–H and O–H groups in total. The molecule has 164 valence electrons. The Kier molecular flexibility index (Phi) is 11.3. The van der Waals surface area contributed by atoms with E-state index >= 15 is 0 Å². The Morgan fingerprint density at radius 2 is 1.87 bits per heavy atom. The first kappa shape index (κ1) is 25.8. The van der Waals surface area contributed by atoms with E-state index in [1.165, 1.54) is 0 Å². The van der Waals surface area contributed by atoms with E-state index in [-0.39, 0.29) is 42.8 Å². The normalized spacial score (nSPS) is 10.7. The molecular weight excluding hydrogens is 519 g/mol. The molecule has 0 aromatic heterocycles. The van der Waals surface area contributed by atoms with E-state index in [4.69, 9.17) is 26.8 Å². The lowest BCUT2D eigenvalue weighted by molar-refractivity contribution is -0.116. The minimum atomic E-state index is -0.169. The van der Waals surface area contributed by atoms with E-state index in [1.807, 2.05) is 31.2 Å². The Morgan fingerprint density at radius 1 is 1.13 bits per heavy atom. The molecule has 0 fully saturated rings. The third kappa shape index (κ3) is 8.27. The molecule has 2 rings (SSSR count). The molecule has 1 amide bonds. The number of nitrogens with two attached hydrogens (primary N) is 1. The number of guanidine groups is 1. The lowest BCUT2D eigenvalue weighted by atomic mass is 10.1. The SMILES string of the molecule is COc1ccc(CCNC(N)=NCCC(=O)Nc2ccc(C)cc2Cl)cc1OC.I. The molecule has 0 spiro atoms. The second kappa shape index (κ2) is 13.2. The summed E-state index contributed by atoms with van der Waals surface area (Å²) in [4.78, 5) is 16.2. The van der Waals surface area contributed by atoms with Gasteiger partial charge in [0, 0.05) is 13.0 Å². The van der Waals surface area contributed by atoms with Crippen LogP contribution in [0.25, 0.3) is 0 Å². The van der Waals surface area contributed by atoms with Crippen molar-refractivity contribution in [3.63, 3.8) is 0 Å². The van der Waals surface area contributed by atoms with Gasteiger partial charge in [0.1, 0.15) is 0 Å². The van der Waals surface area contributed by atoms with Gasteiger partial charge >= 0.3 is 0 Å². The van der Waals surface area contributed by atoms with Gasteiger partial charge in [0.15, 0.2) is 17.5 Å². The predicted octanol–water partition coefficient (Wildman–Crippen LogP) is 3.76. The first-order valence-corrected chi connectivity index (χ1v) is 9.61. The van der Waals surface area contributed by atoms with Crippen LogP contribution < -0.4 is 25.8 Å². The van der Waals surface area contributed by atoms with Crippen LogP contribution in [0, 0.1) is 6.92 Å². The lowest BCUT2D eigenvalue weighted by Gasteiger charge is -2.10. The van der Waals surface area contributed by atoms with Gasteiger partial charge in [-0.1, -0.05) is 23.7 Å². The van der Waals surface area contributed by atoms with Gasteiger partial charge in [0.2, 0.25) is 5.91 Å². The first-order chi connectivity index (χ1) is 13.9. The average molecular weight is 547 g/mol. The summed E-state index contributed by atoms with van der Waals surface area (Å²) in [6.45, 7) is 2.83. The summed E-state index contributed by atoms with van der Waals surface area (Å²) >= 11 is 6.11. The Balaban J connectivity index is 0.00000450. The molecule has 7 nitrogen and oxygen atoms in total. The van der Waals surface area contributed by atoms with Gasteiger partial charge in [-0.15, -0.1) is 24.0 Å². The quantitative estimate of drug-likeness (QED) is 0.253. The van der Waals surface area contributed by atoms with E-state index in [0.717, 1.165) is 17.5 Å². The highest BCUT2D eigenvalue weighted by molar-refractivity contribution is 14.0. The highest BCUT2D eigenvalue weighted by atomic mass is 127. The zero-order chi connectivity index (χ0) is 21.2. The molecule has 9 heteroatoms. The summed E-state index contributed by atoms with van der Waals surface area (Å²) in [6.07, 6.45) is 0.950. The van der Waals surface area contributed by atoms with Crippen LogP contribution in [-0.2, 0) is 11.2 Å². The minimum absolute atomic E-state index is 0. The molecule has 0 aliphatic carbocycles. The smallest absolute Gasteiger partial charge is 0.226 e. The van der Waals surface area contributed by atoms with Gasteiger partial charge in [-0.2, -0.15) is 0 Å². The molecule has 0 radical (unpaired) electrons. The number of aliphatic imine (C=N–C) groups is 1. The third-order valence-corrected chi connectivity index (χ3v) is 4.50. The van der Waals surface area contributed by atoms with Crippen molar-refractivity contribution >= 4 is 53.1 Å². The van der Waals surface area contributed by atoms with E-state index in [9.17, 15) is 4.79 Å². The number of hydrogen-bond donors (Lipinski definition) is 3. The molecule has 2 aromatic rings. The Labute approximate surface area is 199 Å². The molecule has 0 saturated heterocycles. The second-order valence-corrected chi connectivity index (χ2v) is 6.82. The van der Waals surface area contributed by atoms with Crippen molar-refractivity contribution in [2.75, 3.05) is 32.6 Å². The van der Waals surface area contributed by atoms with Crippen molar-refractivity contribution in [2.24, 2.45) is 10.7 Å². The van der Waals surface area contributed by atoms with Gasteiger partial charge < -0.3 is 25.8 Å². The molecular formula is C21H28ClIN4O3. The Hall–Kier alpha value is -2.20. The molecule has 0 heterocycles.